The highest BCUT2D eigenvalue weighted by molar-refractivity contribution is 5.78. The average Bonchev–Trinajstić information content (AvgIpc) is 3.16. The summed E-state index contributed by atoms with van der Waals surface area (Å²) in [6.07, 6.45) is 6.69. The van der Waals surface area contributed by atoms with Crippen molar-refractivity contribution in [2.75, 3.05) is 6.54 Å². The Balaban J connectivity index is 1.75. The van der Waals surface area contributed by atoms with Crippen molar-refractivity contribution in [3.63, 3.8) is 0 Å². The van der Waals surface area contributed by atoms with Crippen LogP contribution in [-0.4, -0.2) is 28.1 Å². The molecule has 1 aromatic heterocycles. The molecule has 4 nitrogen and oxygen atoms in total. The Morgan fingerprint density at radius 2 is 2.13 bits per heavy atom. The summed E-state index contributed by atoms with van der Waals surface area (Å²) in [5, 5.41) is 10.6. The van der Waals surface area contributed by atoms with Crippen LogP contribution in [0.25, 0.3) is 0 Å². The zero-order valence-corrected chi connectivity index (χ0v) is 14.4. The molecule has 0 unspecified atom stereocenters. The minimum Gasteiger partial charge on any atom is -0.464 e. The molecule has 1 saturated carbocycles. The highest BCUT2D eigenvalue weighted by Gasteiger charge is 2.39. The van der Waals surface area contributed by atoms with E-state index in [0.717, 1.165) is 63.0 Å². The van der Waals surface area contributed by atoms with Crippen molar-refractivity contribution in [1.29, 1.82) is 0 Å². The lowest BCUT2D eigenvalue weighted by atomic mass is 9.89. The normalized spacial score (nSPS) is 27.3. The second-order valence-electron chi connectivity index (χ2n) is 7.50. The number of carbonyl (C=O) groups is 1. The molecule has 128 valence electrons. The van der Waals surface area contributed by atoms with E-state index in [4.69, 9.17) is 4.42 Å². The van der Waals surface area contributed by atoms with Gasteiger partial charge in [-0.1, -0.05) is 26.7 Å². The van der Waals surface area contributed by atoms with E-state index < -0.39 is 5.60 Å². The minimum atomic E-state index is -0.775. The van der Waals surface area contributed by atoms with Crippen LogP contribution in [0.15, 0.2) is 16.5 Å². The molecule has 3 rings (SSSR count). The first-order chi connectivity index (χ1) is 11.0. The summed E-state index contributed by atoms with van der Waals surface area (Å²) >= 11 is 0. The lowest BCUT2D eigenvalue weighted by Gasteiger charge is -2.39. The predicted molar refractivity (Wildman–Crippen MR) is 89.0 cm³/mol. The molecule has 1 saturated heterocycles. The molecular formula is C19H29NO3. The van der Waals surface area contributed by atoms with E-state index >= 15 is 0 Å². The van der Waals surface area contributed by atoms with Crippen molar-refractivity contribution in [2.24, 2.45) is 5.92 Å². The van der Waals surface area contributed by atoms with E-state index in [1.54, 1.807) is 0 Å². The van der Waals surface area contributed by atoms with Gasteiger partial charge in [0.05, 0.1) is 18.1 Å². The number of amides is 1. The smallest absolute Gasteiger partial charge is 0.226 e. The molecule has 23 heavy (non-hydrogen) atoms. The first kappa shape index (κ1) is 16.6. The molecule has 1 aliphatic carbocycles. The van der Waals surface area contributed by atoms with Gasteiger partial charge < -0.3 is 14.4 Å². The number of likely N-dealkylation sites (tertiary alicyclic amines) is 1. The molecule has 2 heterocycles. The number of rotatable bonds is 4. The Bertz CT molecular complexity index is 545. The van der Waals surface area contributed by atoms with Gasteiger partial charge in [-0.25, -0.2) is 0 Å². The number of aliphatic hydroxyl groups is 1. The first-order valence-corrected chi connectivity index (χ1v) is 9.11. The molecule has 1 N–H and O–H groups in total. The van der Waals surface area contributed by atoms with Crippen LogP contribution in [0.3, 0.4) is 0 Å². The van der Waals surface area contributed by atoms with Crippen LogP contribution in [0.4, 0.5) is 0 Å². The molecule has 4 heteroatoms. The fourth-order valence-corrected chi connectivity index (χ4v) is 4.07. The second kappa shape index (κ2) is 6.68. The Morgan fingerprint density at radius 3 is 2.78 bits per heavy atom. The minimum absolute atomic E-state index is 0.0246. The number of hydrogen-bond donors (Lipinski definition) is 1. The van der Waals surface area contributed by atoms with E-state index in [9.17, 15) is 9.90 Å². The zero-order valence-electron chi connectivity index (χ0n) is 14.4. The van der Waals surface area contributed by atoms with Gasteiger partial charge >= 0.3 is 0 Å². The van der Waals surface area contributed by atoms with Gasteiger partial charge in [0.1, 0.15) is 11.5 Å². The molecule has 0 bridgehead atoms. The molecule has 1 aliphatic heterocycles. The second-order valence-corrected chi connectivity index (χ2v) is 7.50. The average molecular weight is 319 g/mol. The van der Waals surface area contributed by atoms with E-state index in [1.165, 1.54) is 0 Å². The fraction of sp³-hybridized carbons (Fsp3) is 0.737. The van der Waals surface area contributed by atoms with Crippen molar-refractivity contribution in [3.05, 3.63) is 23.7 Å². The number of furan rings is 1. The largest absolute Gasteiger partial charge is 0.464 e. The quantitative estimate of drug-likeness (QED) is 0.917. The third-order valence-electron chi connectivity index (χ3n) is 5.56. The summed E-state index contributed by atoms with van der Waals surface area (Å²) in [5.41, 5.74) is -0.775. The molecule has 1 amide bonds. The van der Waals surface area contributed by atoms with Gasteiger partial charge in [0.15, 0.2) is 0 Å². The maximum Gasteiger partial charge on any atom is 0.226 e. The van der Waals surface area contributed by atoms with Gasteiger partial charge in [-0.3, -0.25) is 4.79 Å². The molecule has 0 aromatic carbocycles. The summed E-state index contributed by atoms with van der Waals surface area (Å²) in [5.74, 6) is 2.55. The van der Waals surface area contributed by atoms with Crippen molar-refractivity contribution in [2.45, 2.75) is 76.9 Å². The monoisotopic (exact) mass is 319 g/mol. The van der Waals surface area contributed by atoms with Crippen LogP contribution in [0, 0.1) is 5.92 Å². The Kier molecular flexibility index (Phi) is 4.81. The zero-order chi connectivity index (χ0) is 16.4. The number of aryl methyl sites for hydroxylation is 1. The number of piperidine rings is 1. The lowest BCUT2D eigenvalue weighted by Crippen LogP contribution is -2.43. The molecular weight excluding hydrogens is 290 g/mol. The van der Waals surface area contributed by atoms with Crippen LogP contribution in [0.1, 0.15) is 76.4 Å². The summed E-state index contributed by atoms with van der Waals surface area (Å²) in [6.45, 7) is 5.08. The summed E-state index contributed by atoms with van der Waals surface area (Å²) in [7, 11) is 0. The fourth-order valence-electron chi connectivity index (χ4n) is 4.07. The van der Waals surface area contributed by atoms with Gasteiger partial charge in [-0.05, 0) is 43.7 Å². The standard InChI is InChI=1S/C19H29NO3/c1-3-15-6-7-17(23-15)16-12-14(2)8-11-20(16)18(21)13-19(22)9-4-5-10-19/h6-7,14,16,22H,3-5,8-13H2,1-2H3/t14-,16+/m1/s1. The van der Waals surface area contributed by atoms with E-state index in [2.05, 4.69) is 13.8 Å². The van der Waals surface area contributed by atoms with E-state index in [1.807, 2.05) is 17.0 Å². The van der Waals surface area contributed by atoms with Gasteiger partial charge in [-0.15, -0.1) is 0 Å². The highest BCUT2D eigenvalue weighted by Crippen LogP contribution is 2.38. The van der Waals surface area contributed by atoms with Crippen molar-refractivity contribution in [1.82, 2.24) is 4.90 Å². The highest BCUT2D eigenvalue weighted by atomic mass is 16.3. The molecule has 0 spiro atoms. The summed E-state index contributed by atoms with van der Waals surface area (Å²) in [6, 6.07) is 4.06. The summed E-state index contributed by atoms with van der Waals surface area (Å²) < 4.78 is 5.94. The molecule has 1 aromatic rings. The molecule has 0 radical (unpaired) electrons. The van der Waals surface area contributed by atoms with Gasteiger partial charge in [-0.2, -0.15) is 0 Å². The maximum absolute atomic E-state index is 12.9. The number of nitrogens with zero attached hydrogens (tertiary/aromatic N) is 1. The molecule has 2 fully saturated rings. The van der Waals surface area contributed by atoms with Crippen LogP contribution in [-0.2, 0) is 11.2 Å². The van der Waals surface area contributed by atoms with Crippen molar-refractivity contribution < 1.29 is 14.3 Å². The Morgan fingerprint density at radius 1 is 1.39 bits per heavy atom. The number of hydrogen-bond acceptors (Lipinski definition) is 3. The SMILES string of the molecule is CCc1ccc([C@@H]2C[C@H](C)CCN2C(=O)CC2(O)CCCC2)o1. The molecule has 2 aliphatic rings. The third-order valence-corrected chi connectivity index (χ3v) is 5.56. The van der Waals surface area contributed by atoms with Gasteiger partial charge in [0, 0.05) is 13.0 Å². The number of carbonyl (C=O) groups excluding carboxylic acids is 1. The lowest BCUT2D eigenvalue weighted by molar-refractivity contribution is -0.141. The van der Waals surface area contributed by atoms with Crippen LogP contribution < -0.4 is 0 Å². The van der Waals surface area contributed by atoms with E-state index in [-0.39, 0.29) is 18.4 Å². The topological polar surface area (TPSA) is 53.7 Å². The van der Waals surface area contributed by atoms with Crippen LogP contribution in [0.2, 0.25) is 0 Å². The third kappa shape index (κ3) is 3.63. The Hall–Kier alpha value is -1.29. The molecule has 2 atom stereocenters. The van der Waals surface area contributed by atoms with Crippen molar-refractivity contribution >= 4 is 5.91 Å². The van der Waals surface area contributed by atoms with Crippen molar-refractivity contribution in [3.8, 4) is 0 Å². The Labute approximate surface area is 138 Å². The van der Waals surface area contributed by atoms with E-state index in [0.29, 0.717) is 5.92 Å². The van der Waals surface area contributed by atoms with Gasteiger partial charge in [0.2, 0.25) is 5.91 Å². The van der Waals surface area contributed by atoms with Crippen LogP contribution >= 0.6 is 0 Å². The van der Waals surface area contributed by atoms with Gasteiger partial charge in [0.25, 0.3) is 0 Å². The summed E-state index contributed by atoms with van der Waals surface area (Å²) in [4.78, 5) is 14.8. The predicted octanol–water partition coefficient (Wildman–Crippen LogP) is 3.84. The van der Waals surface area contributed by atoms with Crippen LogP contribution in [0.5, 0.6) is 0 Å². The first-order valence-electron chi connectivity index (χ1n) is 9.11. The maximum atomic E-state index is 12.9.